The Labute approximate surface area is 118 Å². The molecule has 7 heteroatoms. The normalized spacial score (nSPS) is 16.4. The van der Waals surface area contributed by atoms with Gasteiger partial charge in [-0.1, -0.05) is 24.0 Å². The molecule has 0 unspecified atom stereocenters. The van der Waals surface area contributed by atoms with Crippen molar-refractivity contribution in [3.63, 3.8) is 0 Å². The molecule has 0 spiro atoms. The molecule has 0 bridgehead atoms. The van der Waals surface area contributed by atoms with Gasteiger partial charge >= 0.3 is 0 Å². The third-order valence-corrected chi connectivity index (χ3v) is 4.17. The predicted octanol–water partition coefficient (Wildman–Crippen LogP) is -0.444. The number of morpholine rings is 1. The fourth-order valence-electron chi connectivity index (χ4n) is 1.81. The van der Waals surface area contributed by atoms with Crippen LogP contribution in [0.1, 0.15) is 5.56 Å². The zero-order valence-electron chi connectivity index (χ0n) is 10.9. The van der Waals surface area contributed by atoms with Gasteiger partial charge in [-0.25, -0.2) is 13.4 Å². The number of hydrogen-bond acceptors (Lipinski definition) is 5. The van der Waals surface area contributed by atoms with E-state index in [0.29, 0.717) is 31.9 Å². The zero-order chi connectivity index (χ0) is 14.4. The summed E-state index contributed by atoms with van der Waals surface area (Å²) in [5, 5.41) is 10.3. The third-order valence-electron chi connectivity index (χ3n) is 2.74. The van der Waals surface area contributed by atoms with E-state index in [0.717, 1.165) is 0 Å². The summed E-state index contributed by atoms with van der Waals surface area (Å²) in [4.78, 5) is 2.63. The van der Waals surface area contributed by atoms with Crippen LogP contribution in [0.15, 0.2) is 29.2 Å². The molecule has 108 valence electrons. The number of nitrogens with zero attached hydrogens (tertiary/aromatic N) is 1. The molecule has 2 rings (SSSR count). The second-order valence-corrected chi connectivity index (χ2v) is 5.78. The molecule has 1 aromatic rings. The van der Waals surface area contributed by atoms with E-state index in [4.69, 9.17) is 9.84 Å². The highest BCUT2D eigenvalue weighted by molar-refractivity contribution is 7.89. The molecule has 0 radical (unpaired) electrons. The van der Waals surface area contributed by atoms with E-state index in [-0.39, 0.29) is 11.5 Å². The first kappa shape index (κ1) is 15.0. The van der Waals surface area contributed by atoms with Crippen molar-refractivity contribution in [2.45, 2.75) is 4.90 Å². The molecule has 1 saturated heterocycles. The van der Waals surface area contributed by atoms with Crippen molar-refractivity contribution in [3.05, 3.63) is 29.8 Å². The number of benzene rings is 1. The summed E-state index contributed by atoms with van der Waals surface area (Å²) in [5.41, 5.74) is 0.363. The number of rotatable bonds is 3. The van der Waals surface area contributed by atoms with E-state index in [1.165, 1.54) is 6.07 Å². The van der Waals surface area contributed by atoms with Crippen LogP contribution in [-0.2, 0) is 14.8 Å². The van der Waals surface area contributed by atoms with Crippen LogP contribution in [0.2, 0.25) is 0 Å². The average molecular weight is 296 g/mol. The van der Waals surface area contributed by atoms with Crippen molar-refractivity contribution in [2.75, 3.05) is 32.9 Å². The molecule has 0 aliphatic carbocycles. The Balaban J connectivity index is 2.24. The van der Waals surface area contributed by atoms with Gasteiger partial charge in [-0.15, -0.1) is 4.83 Å². The second kappa shape index (κ2) is 6.83. The van der Waals surface area contributed by atoms with Crippen molar-refractivity contribution in [1.82, 2.24) is 9.84 Å². The summed E-state index contributed by atoms with van der Waals surface area (Å²) >= 11 is 0. The lowest BCUT2D eigenvalue weighted by Crippen LogP contribution is -2.48. The largest absolute Gasteiger partial charge is 0.384 e. The van der Waals surface area contributed by atoms with Crippen LogP contribution in [0.5, 0.6) is 0 Å². The molecule has 0 amide bonds. The molecule has 2 N–H and O–H groups in total. The Morgan fingerprint density at radius 1 is 1.30 bits per heavy atom. The Bertz CT molecular complexity index is 613. The highest BCUT2D eigenvalue weighted by Crippen LogP contribution is 2.14. The standard InChI is InChI=1S/C13H16N2O4S/c16-9-3-5-12-4-1-2-6-13(12)20(17,18)14-15-7-10-19-11-8-15/h1-2,4,6,14,16H,7-11H2. The van der Waals surface area contributed by atoms with E-state index in [1.54, 1.807) is 23.2 Å². The molecule has 0 atom stereocenters. The first-order chi connectivity index (χ1) is 9.63. The molecule has 0 saturated carbocycles. The number of hydrogen-bond donors (Lipinski definition) is 2. The zero-order valence-corrected chi connectivity index (χ0v) is 11.7. The SMILES string of the molecule is O=S(=O)(NN1CCOCC1)c1ccccc1C#CCO. The van der Waals surface area contributed by atoms with Crippen LogP contribution in [0, 0.1) is 11.8 Å². The van der Waals surface area contributed by atoms with E-state index in [9.17, 15) is 8.42 Å². The topological polar surface area (TPSA) is 78.9 Å². The van der Waals surface area contributed by atoms with Crippen LogP contribution in [0.25, 0.3) is 0 Å². The van der Waals surface area contributed by atoms with Gasteiger partial charge in [-0.05, 0) is 12.1 Å². The van der Waals surface area contributed by atoms with Gasteiger partial charge in [-0.3, -0.25) is 0 Å². The molecule has 6 nitrogen and oxygen atoms in total. The maximum atomic E-state index is 12.4. The van der Waals surface area contributed by atoms with Gasteiger partial charge in [0.2, 0.25) is 0 Å². The Morgan fingerprint density at radius 3 is 2.70 bits per heavy atom. The van der Waals surface area contributed by atoms with Gasteiger partial charge in [0, 0.05) is 18.7 Å². The van der Waals surface area contributed by atoms with Crippen LogP contribution in [0.4, 0.5) is 0 Å². The van der Waals surface area contributed by atoms with E-state index in [1.807, 2.05) is 0 Å². The van der Waals surface area contributed by atoms with Crippen LogP contribution in [0.3, 0.4) is 0 Å². The number of hydrazine groups is 1. The van der Waals surface area contributed by atoms with Gasteiger partial charge in [0.05, 0.1) is 18.1 Å². The number of ether oxygens (including phenoxy) is 1. The lowest BCUT2D eigenvalue weighted by molar-refractivity contribution is 0.0272. The van der Waals surface area contributed by atoms with Gasteiger partial charge < -0.3 is 9.84 Å². The fourth-order valence-corrected chi connectivity index (χ4v) is 3.10. The van der Waals surface area contributed by atoms with E-state index in [2.05, 4.69) is 16.7 Å². The average Bonchev–Trinajstić information content (AvgIpc) is 2.46. The Morgan fingerprint density at radius 2 is 2.00 bits per heavy atom. The van der Waals surface area contributed by atoms with Crippen molar-refractivity contribution < 1.29 is 18.3 Å². The molecule has 20 heavy (non-hydrogen) atoms. The lowest BCUT2D eigenvalue weighted by atomic mass is 10.2. The summed E-state index contributed by atoms with van der Waals surface area (Å²) in [6, 6.07) is 6.44. The van der Waals surface area contributed by atoms with Crippen LogP contribution < -0.4 is 4.83 Å². The molecule has 1 aromatic carbocycles. The minimum absolute atomic E-state index is 0.104. The molecule has 1 heterocycles. The third kappa shape index (κ3) is 3.79. The highest BCUT2D eigenvalue weighted by Gasteiger charge is 2.22. The molecule has 0 aromatic heterocycles. The van der Waals surface area contributed by atoms with Crippen molar-refractivity contribution in [3.8, 4) is 11.8 Å². The van der Waals surface area contributed by atoms with Gasteiger partial charge in [0.25, 0.3) is 10.0 Å². The predicted molar refractivity (Wildman–Crippen MR) is 73.1 cm³/mol. The number of sulfonamides is 1. The molecule has 1 aliphatic heterocycles. The Hall–Kier alpha value is -1.43. The summed E-state index contributed by atoms with van der Waals surface area (Å²) in [6.45, 7) is 1.68. The minimum Gasteiger partial charge on any atom is -0.384 e. The smallest absolute Gasteiger partial charge is 0.254 e. The fraction of sp³-hybridized carbons (Fsp3) is 0.385. The van der Waals surface area contributed by atoms with Crippen molar-refractivity contribution in [1.29, 1.82) is 0 Å². The van der Waals surface area contributed by atoms with Crippen molar-refractivity contribution in [2.24, 2.45) is 0 Å². The second-order valence-electron chi connectivity index (χ2n) is 4.15. The maximum absolute atomic E-state index is 12.4. The van der Waals surface area contributed by atoms with E-state index < -0.39 is 10.0 Å². The minimum atomic E-state index is -3.68. The lowest BCUT2D eigenvalue weighted by Gasteiger charge is -2.26. The van der Waals surface area contributed by atoms with Gasteiger partial charge in [-0.2, -0.15) is 0 Å². The summed E-state index contributed by atoms with van der Waals surface area (Å²) in [6.07, 6.45) is 0. The first-order valence-electron chi connectivity index (χ1n) is 6.17. The monoisotopic (exact) mass is 296 g/mol. The summed E-state index contributed by atoms with van der Waals surface area (Å²) < 4.78 is 29.9. The number of nitrogens with one attached hydrogen (secondary N) is 1. The molecule has 1 aliphatic rings. The van der Waals surface area contributed by atoms with Crippen LogP contribution in [-0.4, -0.2) is 51.4 Å². The van der Waals surface area contributed by atoms with Gasteiger partial charge in [0.15, 0.2) is 0 Å². The number of aliphatic hydroxyl groups excluding tert-OH is 1. The molecular formula is C13H16N2O4S. The number of aliphatic hydroxyl groups is 1. The highest BCUT2D eigenvalue weighted by atomic mass is 32.2. The first-order valence-corrected chi connectivity index (χ1v) is 7.66. The summed E-state index contributed by atoms with van der Waals surface area (Å²) in [7, 11) is -3.68. The maximum Gasteiger partial charge on any atom is 0.254 e. The summed E-state index contributed by atoms with van der Waals surface area (Å²) in [5.74, 6) is 5.10. The quantitative estimate of drug-likeness (QED) is 0.739. The van der Waals surface area contributed by atoms with Crippen molar-refractivity contribution >= 4 is 10.0 Å². The Kier molecular flexibility index (Phi) is 5.11. The molecule has 1 fully saturated rings. The van der Waals surface area contributed by atoms with Gasteiger partial charge in [0.1, 0.15) is 6.61 Å². The van der Waals surface area contributed by atoms with E-state index >= 15 is 0 Å². The van der Waals surface area contributed by atoms with Crippen LogP contribution >= 0.6 is 0 Å². The molecular weight excluding hydrogens is 280 g/mol.